The number of carbonyl (C=O) groups excluding carboxylic acids is 1. The molecule has 3 atom stereocenters. The van der Waals surface area contributed by atoms with Gasteiger partial charge in [-0.25, -0.2) is 12.8 Å². The normalized spacial score (nSPS) is 22.3. The predicted octanol–water partition coefficient (Wildman–Crippen LogP) is 3.72. The average molecular weight is 447 g/mol. The van der Waals surface area contributed by atoms with E-state index in [2.05, 4.69) is 5.32 Å². The predicted molar refractivity (Wildman–Crippen MR) is 116 cm³/mol. The van der Waals surface area contributed by atoms with Crippen molar-refractivity contribution in [3.05, 3.63) is 54.3 Å². The topological polar surface area (TPSA) is 75.7 Å². The van der Waals surface area contributed by atoms with Gasteiger partial charge in [0, 0.05) is 6.04 Å². The summed E-state index contributed by atoms with van der Waals surface area (Å²) < 4.78 is 46.7. The number of rotatable bonds is 8. The fourth-order valence-electron chi connectivity index (χ4n) is 4.73. The van der Waals surface area contributed by atoms with Gasteiger partial charge in [-0.3, -0.25) is 9.10 Å². The lowest BCUT2D eigenvalue weighted by atomic mass is 9.95. The van der Waals surface area contributed by atoms with E-state index in [1.807, 2.05) is 6.92 Å². The zero-order chi connectivity index (χ0) is 22.0. The van der Waals surface area contributed by atoms with E-state index < -0.39 is 15.8 Å². The summed E-state index contributed by atoms with van der Waals surface area (Å²) in [5.74, 6) is 0.876. The minimum Gasteiger partial charge on any atom is -0.494 e. The van der Waals surface area contributed by atoms with Crippen LogP contribution in [0.5, 0.6) is 5.75 Å². The Kier molecular flexibility index (Phi) is 6.18. The maximum Gasteiger partial charge on any atom is 0.264 e. The van der Waals surface area contributed by atoms with Gasteiger partial charge < -0.3 is 10.1 Å². The van der Waals surface area contributed by atoms with Gasteiger partial charge in [-0.05, 0) is 86.6 Å². The summed E-state index contributed by atoms with van der Waals surface area (Å²) in [6.45, 7) is 1.95. The first-order chi connectivity index (χ1) is 14.9. The molecule has 4 rings (SSSR count). The second-order valence-corrected chi connectivity index (χ2v) is 10.1. The van der Waals surface area contributed by atoms with Crippen LogP contribution < -0.4 is 14.4 Å². The molecule has 2 aliphatic rings. The largest absolute Gasteiger partial charge is 0.494 e. The summed E-state index contributed by atoms with van der Waals surface area (Å²) in [5.41, 5.74) is 0.235. The molecule has 2 bridgehead atoms. The van der Waals surface area contributed by atoms with Gasteiger partial charge in [-0.2, -0.15) is 0 Å². The summed E-state index contributed by atoms with van der Waals surface area (Å²) in [6, 6.07) is 11.3. The molecule has 2 fully saturated rings. The number of hydrogen-bond acceptors (Lipinski definition) is 4. The molecule has 2 aliphatic carbocycles. The first-order valence-corrected chi connectivity index (χ1v) is 12.1. The number of halogens is 1. The fraction of sp³-hybridized carbons (Fsp3) is 0.435. The third kappa shape index (κ3) is 4.69. The SMILES string of the molecule is CCOc1ccc(S(=O)(=O)N(CC(=O)N[C@H]2C[C@@H]3CC[C@@H]2C3)c2ccc(F)cc2)cc1. The summed E-state index contributed by atoms with van der Waals surface area (Å²) >= 11 is 0. The second-order valence-electron chi connectivity index (χ2n) is 8.24. The first-order valence-electron chi connectivity index (χ1n) is 10.7. The van der Waals surface area contributed by atoms with E-state index in [1.54, 1.807) is 12.1 Å². The molecular weight excluding hydrogens is 419 g/mol. The summed E-state index contributed by atoms with van der Waals surface area (Å²) in [6.07, 6.45) is 4.42. The van der Waals surface area contributed by atoms with Crippen molar-refractivity contribution in [1.29, 1.82) is 0 Å². The molecule has 2 aromatic rings. The lowest BCUT2D eigenvalue weighted by Gasteiger charge is -2.27. The van der Waals surface area contributed by atoms with Crippen LogP contribution in [-0.2, 0) is 14.8 Å². The third-order valence-corrected chi connectivity index (χ3v) is 8.00. The minimum atomic E-state index is -4.04. The molecular formula is C23H27FN2O4S. The van der Waals surface area contributed by atoms with Crippen LogP contribution >= 0.6 is 0 Å². The van der Waals surface area contributed by atoms with Gasteiger partial charge in [-0.15, -0.1) is 0 Å². The van der Waals surface area contributed by atoms with Crippen LogP contribution in [0.15, 0.2) is 53.4 Å². The Hall–Kier alpha value is -2.61. The Morgan fingerprint density at radius 2 is 1.81 bits per heavy atom. The molecule has 1 N–H and O–H groups in total. The van der Waals surface area contributed by atoms with Crippen molar-refractivity contribution in [2.24, 2.45) is 11.8 Å². The molecule has 0 radical (unpaired) electrons. The van der Waals surface area contributed by atoms with Crippen LogP contribution in [-0.4, -0.2) is 33.5 Å². The highest BCUT2D eigenvalue weighted by Crippen LogP contribution is 2.44. The standard InChI is InChI=1S/C23H27FN2O4S/c1-2-30-20-9-11-21(12-10-20)31(28,29)26(19-7-5-18(24)6-8-19)15-23(27)25-22-14-16-3-4-17(22)13-16/h5-12,16-17,22H,2-4,13-15H2,1H3,(H,25,27)/t16-,17-,22+/m1/s1. The summed E-state index contributed by atoms with van der Waals surface area (Å²) in [4.78, 5) is 12.9. The van der Waals surface area contributed by atoms with Crippen LogP contribution in [0.1, 0.15) is 32.6 Å². The van der Waals surface area contributed by atoms with Crippen molar-refractivity contribution in [2.75, 3.05) is 17.5 Å². The molecule has 2 saturated carbocycles. The van der Waals surface area contributed by atoms with E-state index in [1.165, 1.54) is 42.8 Å². The van der Waals surface area contributed by atoms with Crippen LogP contribution in [0.25, 0.3) is 0 Å². The molecule has 166 valence electrons. The summed E-state index contributed by atoms with van der Waals surface area (Å²) in [7, 11) is -4.04. The van der Waals surface area contributed by atoms with Gasteiger partial charge in [-0.1, -0.05) is 6.42 Å². The Labute approximate surface area is 182 Å². The van der Waals surface area contributed by atoms with Gasteiger partial charge in [0.25, 0.3) is 10.0 Å². The quantitative estimate of drug-likeness (QED) is 0.671. The summed E-state index contributed by atoms with van der Waals surface area (Å²) in [5, 5.41) is 3.03. The van der Waals surface area contributed by atoms with Crippen molar-refractivity contribution >= 4 is 21.6 Å². The zero-order valence-electron chi connectivity index (χ0n) is 17.5. The van der Waals surface area contributed by atoms with Gasteiger partial charge in [0.1, 0.15) is 18.1 Å². The number of sulfonamides is 1. The van der Waals surface area contributed by atoms with E-state index in [4.69, 9.17) is 4.74 Å². The average Bonchev–Trinajstić information content (AvgIpc) is 3.37. The maximum atomic E-state index is 13.4. The first kappa shape index (κ1) is 21.6. The van der Waals surface area contributed by atoms with E-state index in [-0.39, 0.29) is 29.1 Å². The molecule has 0 aliphatic heterocycles. The second kappa shape index (κ2) is 8.86. The van der Waals surface area contributed by atoms with E-state index in [9.17, 15) is 17.6 Å². The number of ether oxygens (including phenoxy) is 1. The monoisotopic (exact) mass is 446 g/mol. The molecule has 2 aromatic carbocycles. The van der Waals surface area contributed by atoms with Gasteiger partial charge >= 0.3 is 0 Å². The van der Waals surface area contributed by atoms with E-state index in [0.29, 0.717) is 24.2 Å². The van der Waals surface area contributed by atoms with Crippen molar-refractivity contribution in [3.63, 3.8) is 0 Å². The van der Waals surface area contributed by atoms with E-state index in [0.717, 1.165) is 23.6 Å². The molecule has 31 heavy (non-hydrogen) atoms. The van der Waals surface area contributed by atoms with Crippen LogP contribution in [0.4, 0.5) is 10.1 Å². The molecule has 1 amide bonds. The lowest BCUT2D eigenvalue weighted by molar-refractivity contribution is -0.120. The number of benzene rings is 2. The zero-order valence-corrected chi connectivity index (χ0v) is 18.3. The van der Waals surface area contributed by atoms with Gasteiger partial charge in [0.05, 0.1) is 17.2 Å². The number of fused-ring (bicyclic) bond motifs is 2. The van der Waals surface area contributed by atoms with Gasteiger partial charge in [0.15, 0.2) is 0 Å². The Morgan fingerprint density at radius 1 is 1.10 bits per heavy atom. The van der Waals surface area contributed by atoms with Crippen molar-refractivity contribution in [3.8, 4) is 5.75 Å². The highest BCUT2D eigenvalue weighted by atomic mass is 32.2. The molecule has 8 heteroatoms. The molecule has 0 aromatic heterocycles. The lowest BCUT2D eigenvalue weighted by Crippen LogP contribution is -2.46. The highest BCUT2D eigenvalue weighted by molar-refractivity contribution is 7.92. The Balaban J connectivity index is 1.57. The number of anilines is 1. The van der Waals surface area contributed by atoms with Crippen LogP contribution in [0.2, 0.25) is 0 Å². The molecule has 0 unspecified atom stereocenters. The van der Waals surface area contributed by atoms with Crippen LogP contribution in [0, 0.1) is 17.7 Å². The number of carbonyl (C=O) groups is 1. The third-order valence-electron chi connectivity index (χ3n) is 6.21. The van der Waals surface area contributed by atoms with Crippen molar-refractivity contribution < 1.29 is 22.3 Å². The molecule has 0 saturated heterocycles. The van der Waals surface area contributed by atoms with Crippen molar-refractivity contribution in [2.45, 2.75) is 43.5 Å². The number of amides is 1. The Bertz CT molecular complexity index is 1020. The Morgan fingerprint density at radius 3 is 2.39 bits per heavy atom. The molecule has 0 heterocycles. The van der Waals surface area contributed by atoms with Crippen molar-refractivity contribution in [1.82, 2.24) is 5.32 Å². The number of hydrogen-bond donors (Lipinski definition) is 1. The smallest absolute Gasteiger partial charge is 0.264 e. The van der Waals surface area contributed by atoms with Crippen LogP contribution in [0.3, 0.4) is 0 Å². The van der Waals surface area contributed by atoms with E-state index >= 15 is 0 Å². The number of nitrogens with one attached hydrogen (secondary N) is 1. The minimum absolute atomic E-state index is 0.0352. The highest BCUT2D eigenvalue weighted by Gasteiger charge is 2.40. The molecule has 6 nitrogen and oxygen atoms in total. The molecule has 0 spiro atoms. The maximum absolute atomic E-state index is 13.4. The number of nitrogens with zero attached hydrogens (tertiary/aromatic N) is 1. The fourth-order valence-corrected chi connectivity index (χ4v) is 6.15. The van der Waals surface area contributed by atoms with Gasteiger partial charge in [0.2, 0.25) is 5.91 Å².